The third-order valence-electron chi connectivity index (χ3n) is 5.76. The van der Waals surface area contributed by atoms with Crippen LogP contribution < -0.4 is 16.6 Å². The molecule has 9 nitrogen and oxygen atoms in total. The van der Waals surface area contributed by atoms with Crippen molar-refractivity contribution in [3.63, 3.8) is 0 Å². The van der Waals surface area contributed by atoms with Crippen LogP contribution in [0.5, 0.6) is 0 Å². The van der Waals surface area contributed by atoms with Crippen molar-refractivity contribution in [2.45, 2.75) is 45.9 Å². The van der Waals surface area contributed by atoms with Crippen LogP contribution in [0.1, 0.15) is 24.0 Å². The van der Waals surface area contributed by atoms with E-state index >= 15 is 0 Å². The van der Waals surface area contributed by atoms with Gasteiger partial charge in [-0.05, 0) is 55.3 Å². The lowest BCUT2D eigenvalue weighted by Gasteiger charge is -2.12. The van der Waals surface area contributed by atoms with Crippen LogP contribution in [-0.4, -0.2) is 37.4 Å². The molecule has 3 aromatic heterocycles. The zero-order chi connectivity index (χ0) is 22.4. The standard InChI is InChI=1S/C22H23N5O4S/c1-13-5-6-14(2)16(10-13)23-18(28)12-26-22(30)27-17-7-9-32-19(17)20(29)25(21(27)24-26)11-15-4-3-8-31-15/h5-7,9-10,15H,3-4,8,11-12H2,1-2H3,(H,23,28). The number of thiophene rings is 1. The van der Waals surface area contributed by atoms with E-state index in [0.29, 0.717) is 29.1 Å². The Balaban J connectivity index is 1.55. The van der Waals surface area contributed by atoms with Crippen LogP contribution >= 0.6 is 11.3 Å². The van der Waals surface area contributed by atoms with E-state index in [-0.39, 0.29) is 29.9 Å². The number of hydrogen-bond acceptors (Lipinski definition) is 6. The molecule has 0 radical (unpaired) electrons. The minimum atomic E-state index is -0.458. The SMILES string of the molecule is Cc1ccc(C)c(NC(=O)Cn2nc3n(CC4CCCO4)c(=O)c4sccc4n3c2=O)c1. The van der Waals surface area contributed by atoms with E-state index in [2.05, 4.69) is 10.4 Å². The van der Waals surface area contributed by atoms with Gasteiger partial charge in [0.25, 0.3) is 5.56 Å². The monoisotopic (exact) mass is 453 g/mol. The van der Waals surface area contributed by atoms with Crippen LogP contribution in [0.15, 0.2) is 39.2 Å². The molecule has 1 amide bonds. The third-order valence-corrected chi connectivity index (χ3v) is 6.65. The quantitative estimate of drug-likeness (QED) is 0.500. The second-order valence-corrected chi connectivity index (χ2v) is 9.04. The average Bonchev–Trinajstić information content (AvgIpc) is 3.49. The van der Waals surface area contributed by atoms with Gasteiger partial charge in [-0.1, -0.05) is 12.1 Å². The summed E-state index contributed by atoms with van der Waals surface area (Å²) in [4.78, 5) is 39.0. The Labute approximate surface area is 186 Å². The highest BCUT2D eigenvalue weighted by atomic mass is 32.1. The average molecular weight is 454 g/mol. The Kier molecular flexibility index (Phi) is 5.18. The summed E-state index contributed by atoms with van der Waals surface area (Å²) >= 11 is 1.29. The molecule has 0 bridgehead atoms. The second-order valence-electron chi connectivity index (χ2n) is 8.13. The molecule has 4 aromatic rings. The van der Waals surface area contributed by atoms with Crippen molar-refractivity contribution in [3.8, 4) is 0 Å². The molecule has 1 N–H and O–H groups in total. The van der Waals surface area contributed by atoms with Crippen molar-refractivity contribution in [1.29, 1.82) is 0 Å². The Hall–Kier alpha value is -3.24. The highest BCUT2D eigenvalue weighted by molar-refractivity contribution is 7.17. The number of anilines is 1. The summed E-state index contributed by atoms with van der Waals surface area (Å²) in [5, 5.41) is 9.02. The molecule has 32 heavy (non-hydrogen) atoms. The summed E-state index contributed by atoms with van der Waals surface area (Å²) in [6.07, 6.45) is 1.70. The normalized spacial score (nSPS) is 16.2. The summed E-state index contributed by atoms with van der Waals surface area (Å²) in [5.41, 5.74) is 2.49. The number of aromatic nitrogens is 4. The third kappa shape index (κ3) is 3.55. The summed E-state index contributed by atoms with van der Waals surface area (Å²) in [6, 6.07) is 7.51. The largest absolute Gasteiger partial charge is 0.376 e. The minimum absolute atomic E-state index is 0.0956. The Morgan fingerprint density at radius 3 is 2.91 bits per heavy atom. The predicted octanol–water partition coefficient (Wildman–Crippen LogP) is 2.31. The van der Waals surface area contributed by atoms with Gasteiger partial charge in [0.2, 0.25) is 11.7 Å². The number of ether oxygens (including phenoxy) is 1. The molecule has 166 valence electrons. The van der Waals surface area contributed by atoms with E-state index in [1.165, 1.54) is 20.3 Å². The molecule has 0 aliphatic carbocycles. The van der Waals surface area contributed by atoms with E-state index in [4.69, 9.17) is 4.74 Å². The molecular formula is C22H23N5O4S. The Bertz CT molecular complexity index is 1460. The van der Waals surface area contributed by atoms with E-state index in [9.17, 15) is 14.4 Å². The molecule has 4 heterocycles. The number of rotatable bonds is 5. The van der Waals surface area contributed by atoms with Gasteiger partial charge >= 0.3 is 5.69 Å². The summed E-state index contributed by atoms with van der Waals surface area (Å²) in [5.74, 6) is -0.139. The number of carbonyl (C=O) groups excluding carboxylic acids is 1. The first kappa shape index (κ1) is 20.7. The van der Waals surface area contributed by atoms with Gasteiger partial charge in [0.15, 0.2) is 0 Å². The Morgan fingerprint density at radius 1 is 1.28 bits per heavy atom. The van der Waals surface area contributed by atoms with Crippen molar-refractivity contribution in [1.82, 2.24) is 18.7 Å². The van der Waals surface area contributed by atoms with Crippen molar-refractivity contribution in [2.24, 2.45) is 0 Å². The number of aryl methyl sites for hydroxylation is 2. The number of carbonyl (C=O) groups is 1. The molecule has 0 saturated carbocycles. The van der Waals surface area contributed by atoms with Crippen LogP contribution in [0.2, 0.25) is 0 Å². The molecule has 10 heteroatoms. The molecular weight excluding hydrogens is 430 g/mol. The van der Waals surface area contributed by atoms with Crippen LogP contribution in [0.4, 0.5) is 5.69 Å². The number of nitrogens with one attached hydrogen (secondary N) is 1. The van der Waals surface area contributed by atoms with Crippen LogP contribution in [0.25, 0.3) is 16.0 Å². The van der Waals surface area contributed by atoms with Crippen LogP contribution in [0.3, 0.4) is 0 Å². The molecule has 1 aromatic carbocycles. The van der Waals surface area contributed by atoms with Crippen molar-refractivity contribution >= 4 is 38.9 Å². The lowest BCUT2D eigenvalue weighted by atomic mass is 10.1. The van der Waals surface area contributed by atoms with E-state index in [1.54, 1.807) is 11.4 Å². The van der Waals surface area contributed by atoms with Gasteiger partial charge in [0.1, 0.15) is 11.2 Å². The number of fused-ring (bicyclic) bond motifs is 3. The number of benzene rings is 1. The topological polar surface area (TPSA) is 99.6 Å². The van der Waals surface area contributed by atoms with Gasteiger partial charge in [-0.2, -0.15) is 0 Å². The van der Waals surface area contributed by atoms with Crippen molar-refractivity contribution in [3.05, 3.63) is 61.6 Å². The second kappa shape index (κ2) is 8.03. The fraction of sp³-hybridized carbons (Fsp3) is 0.364. The zero-order valence-corrected chi connectivity index (χ0v) is 18.6. The molecule has 1 fully saturated rings. The zero-order valence-electron chi connectivity index (χ0n) is 17.8. The Morgan fingerprint density at radius 2 is 2.12 bits per heavy atom. The molecule has 1 aliphatic rings. The fourth-order valence-corrected chi connectivity index (χ4v) is 4.91. The molecule has 5 rings (SSSR count). The summed E-state index contributed by atoms with van der Waals surface area (Å²) < 4.78 is 10.2. The first-order chi connectivity index (χ1) is 15.4. The lowest BCUT2D eigenvalue weighted by molar-refractivity contribution is -0.117. The molecule has 1 saturated heterocycles. The summed E-state index contributed by atoms with van der Waals surface area (Å²) in [7, 11) is 0. The van der Waals surface area contributed by atoms with Crippen LogP contribution in [-0.2, 0) is 22.6 Å². The maximum atomic E-state index is 13.2. The van der Waals surface area contributed by atoms with Gasteiger partial charge in [-0.3, -0.25) is 14.2 Å². The van der Waals surface area contributed by atoms with Crippen LogP contribution in [0, 0.1) is 13.8 Å². The smallest absolute Gasteiger partial charge is 0.352 e. The van der Waals surface area contributed by atoms with E-state index < -0.39 is 5.69 Å². The van der Waals surface area contributed by atoms with Gasteiger partial charge < -0.3 is 10.1 Å². The first-order valence-electron chi connectivity index (χ1n) is 10.5. The molecule has 1 unspecified atom stereocenters. The van der Waals surface area contributed by atoms with Gasteiger partial charge in [-0.15, -0.1) is 16.4 Å². The molecule has 0 spiro atoms. The lowest BCUT2D eigenvalue weighted by Crippen LogP contribution is -2.30. The summed E-state index contributed by atoms with van der Waals surface area (Å²) in [6.45, 7) is 4.58. The van der Waals surface area contributed by atoms with E-state index in [0.717, 1.165) is 28.7 Å². The maximum Gasteiger partial charge on any atom is 0.352 e. The highest BCUT2D eigenvalue weighted by Gasteiger charge is 2.23. The number of hydrogen-bond donors (Lipinski definition) is 1. The number of amides is 1. The highest BCUT2D eigenvalue weighted by Crippen LogP contribution is 2.20. The predicted molar refractivity (Wildman–Crippen MR) is 123 cm³/mol. The molecule has 1 aliphatic heterocycles. The maximum absolute atomic E-state index is 13.2. The van der Waals surface area contributed by atoms with Gasteiger partial charge in [0, 0.05) is 12.3 Å². The molecule has 1 atom stereocenters. The first-order valence-corrected chi connectivity index (χ1v) is 11.4. The minimum Gasteiger partial charge on any atom is -0.376 e. The van der Waals surface area contributed by atoms with Gasteiger partial charge in [-0.25, -0.2) is 13.9 Å². The number of nitrogens with zero attached hydrogens (tertiary/aromatic N) is 4. The van der Waals surface area contributed by atoms with Crippen molar-refractivity contribution < 1.29 is 9.53 Å². The van der Waals surface area contributed by atoms with Gasteiger partial charge in [0.05, 0.1) is 18.2 Å². The van der Waals surface area contributed by atoms with E-state index in [1.807, 2.05) is 32.0 Å². The fourth-order valence-electron chi connectivity index (χ4n) is 4.09. The van der Waals surface area contributed by atoms with Crippen molar-refractivity contribution in [2.75, 3.05) is 11.9 Å².